The second-order valence-electron chi connectivity index (χ2n) is 4.85. The standard InChI is InChI=1S/C16H13Cl2N5/c1-10-4-2-3-5-13(10)21-16-22-15(9-19-23-16)20-14-8-11(17)6-7-12(14)18/h2-9H,1H3,(H2,20,21,22,23). The maximum Gasteiger partial charge on any atom is 0.249 e. The summed E-state index contributed by atoms with van der Waals surface area (Å²) in [5.41, 5.74) is 2.67. The summed E-state index contributed by atoms with van der Waals surface area (Å²) >= 11 is 12.1. The van der Waals surface area contributed by atoms with E-state index < -0.39 is 0 Å². The minimum Gasteiger partial charge on any atom is -0.338 e. The van der Waals surface area contributed by atoms with E-state index in [9.17, 15) is 0 Å². The fraction of sp³-hybridized carbons (Fsp3) is 0.0625. The average molecular weight is 346 g/mol. The van der Waals surface area contributed by atoms with Crippen LogP contribution in [-0.2, 0) is 0 Å². The van der Waals surface area contributed by atoms with E-state index in [1.54, 1.807) is 18.2 Å². The van der Waals surface area contributed by atoms with Crippen molar-refractivity contribution in [1.29, 1.82) is 0 Å². The van der Waals surface area contributed by atoms with E-state index >= 15 is 0 Å². The monoisotopic (exact) mass is 345 g/mol. The highest BCUT2D eigenvalue weighted by molar-refractivity contribution is 6.35. The van der Waals surface area contributed by atoms with Gasteiger partial charge in [-0.1, -0.05) is 41.4 Å². The van der Waals surface area contributed by atoms with Crippen molar-refractivity contribution in [1.82, 2.24) is 15.2 Å². The van der Waals surface area contributed by atoms with Crippen LogP contribution in [0.3, 0.4) is 0 Å². The van der Waals surface area contributed by atoms with Crippen molar-refractivity contribution < 1.29 is 0 Å². The summed E-state index contributed by atoms with van der Waals surface area (Å²) in [7, 11) is 0. The van der Waals surface area contributed by atoms with E-state index in [1.807, 2.05) is 31.2 Å². The Kier molecular flexibility index (Phi) is 4.60. The Morgan fingerprint density at radius 2 is 1.78 bits per heavy atom. The van der Waals surface area contributed by atoms with Gasteiger partial charge in [0.25, 0.3) is 0 Å². The lowest BCUT2D eigenvalue weighted by atomic mass is 10.2. The first-order valence-electron chi connectivity index (χ1n) is 6.86. The van der Waals surface area contributed by atoms with Crippen LogP contribution in [0.4, 0.5) is 23.1 Å². The lowest BCUT2D eigenvalue weighted by molar-refractivity contribution is 0.982. The third-order valence-electron chi connectivity index (χ3n) is 3.14. The first kappa shape index (κ1) is 15.5. The van der Waals surface area contributed by atoms with Crippen LogP contribution < -0.4 is 10.6 Å². The zero-order valence-corrected chi connectivity index (χ0v) is 13.7. The predicted octanol–water partition coefficient (Wildman–Crippen LogP) is 4.97. The van der Waals surface area contributed by atoms with Crippen LogP contribution in [0.25, 0.3) is 0 Å². The molecular formula is C16H13Cl2N5. The number of anilines is 4. The number of aromatic nitrogens is 3. The quantitative estimate of drug-likeness (QED) is 0.698. The molecule has 2 N–H and O–H groups in total. The van der Waals surface area contributed by atoms with Gasteiger partial charge in [0.2, 0.25) is 5.95 Å². The molecule has 5 nitrogen and oxygen atoms in total. The highest BCUT2D eigenvalue weighted by Gasteiger charge is 2.06. The van der Waals surface area contributed by atoms with Crippen LogP contribution in [0.1, 0.15) is 5.56 Å². The summed E-state index contributed by atoms with van der Waals surface area (Å²) in [5.74, 6) is 0.905. The Morgan fingerprint density at radius 1 is 0.957 bits per heavy atom. The molecule has 0 saturated heterocycles. The molecule has 0 aliphatic heterocycles. The summed E-state index contributed by atoms with van der Waals surface area (Å²) in [4.78, 5) is 4.38. The molecule has 1 aromatic heterocycles. The fourth-order valence-corrected chi connectivity index (χ4v) is 2.32. The van der Waals surface area contributed by atoms with Crippen LogP contribution in [0, 0.1) is 6.92 Å². The zero-order chi connectivity index (χ0) is 16.2. The molecule has 116 valence electrons. The van der Waals surface area contributed by atoms with Gasteiger partial charge in [0, 0.05) is 10.7 Å². The van der Waals surface area contributed by atoms with Gasteiger partial charge in [0.15, 0.2) is 5.82 Å². The largest absolute Gasteiger partial charge is 0.338 e. The van der Waals surface area contributed by atoms with E-state index in [-0.39, 0.29) is 0 Å². The molecule has 0 spiro atoms. The normalized spacial score (nSPS) is 10.4. The maximum absolute atomic E-state index is 6.14. The Hall–Kier alpha value is -2.37. The smallest absolute Gasteiger partial charge is 0.249 e. The van der Waals surface area contributed by atoms with Crippen molar-refractivity contribution in [3.63, 3.8) is 0 Å². The Morgan fingerprint density at radius 3 is 2.61 bits per heavy atom. The van der Waals surface area contributed by atoms with E-state index in [0.717, 1.165) is 11.3 Å². The van der Waals surface area contributed by atoms with Gasteiger partial charge in [-0.2, -0.15) is 10.1 Å². The average Bonchev–Trinajstić information content (AvgIpc) is 2.54. The van der Waals surface area contributed by atoms with E-state index in [4.69, 9.17) is 23.2 Å². The second kappa shape index (κ2) is 6.81. The number of rotatable bonds is 4. The summed E-state index contributed by atoms with van der Waals surface area (Å²) in [6.45, 7) is 2.00. The Labute approximate surface area is 143 Å². The number of aryl methyl sites for hydroxylation is 1. The summed E-state index contributed by atoms with van der Waals surface area (Å²) < 4.78 is 0. The van der Waals surface area contributed by atoms with Gasteiger partial charge in [-0.15, -0.1) is 5.10 Å². The summed E-state index contributed by atoms with van der Waals surface area (Å²) in [5, 5.41) is 15.3. The molecule has 0 bridgehead atoms. The molecule has 0 fully saturated rings. The molecule has 1 heterocycles. The molecule has 0 atom stereocenters. The van der Waals surface area contributed by atoms with Crippen LogP contribution in [0.2, 0.25) is 10.0 Å². The van der Waals surface area contributed by atoms with E-state index in [0.29, 0.717) is 27.5 Å². The number of nitrogens with zero attached hydrogens (tertiary/aromatic N) is 3. The number of halogens is 2. The Balaban J connectivity index is 1.83. The maximum atomic E-state index is 6.14. The van der Waals surface area contributed by atoms with Gasteiger partial charge < -0.3 is 10.6 Å². The molecule has 3 aromatic rings. The number of benzene rings is 2. The summed E-state index contributed by atoms with van der Waals surface area (Å²) in [6, 6.07) is 13.0. The van der Waals surface area contributed by atoms with Crippen molar-refractivity contribution in [3.05, 3.63) is 64.3 Å². The van der Waals surface area contributed by atoms with Crippen LogP contribution in [-0.4, -0.2) is 15.2 Å². The van der Waals surface area contributed by atoms with Crippen molar-refractivity contribution in [2.24, 2.45) is 0 Å². The van der Waals surface area contributed by atoms with Crippen molar-refractivity contribution in [2.45, 2.75) is 6.92 Å². The van der Waals surface area contributed by atoms with Crippen molar-refractivity contribution >= 4 is 46.3 Å². The van der Waals surface area contributed by atoms with Gasteiger partial charge in [0.05, 0.1) is 16.9 Å². The molecule has 0 radical (unpaired) electrons. The summed E-state index contributed by atoms with van der Waals surface area (Å²) in [6.07, 6.45) is 1.51. The van der Waals surface area contributed by atoms with Crippen LogP contribution in [0.15, 0.2) is 48.7 Å². The lowest BCUT2D eigenvalue weighted by Gasteiger charge is -2.10. The molecule has 0 unspecified atom stereocenters. The number of hydrogen-bond donors (Lipinski definition) is 2. The number of nitrogens with one attached hydrogen (secondary N) is 2. The topological polar surface area (TPSA) is 62.7 Å². The minimum absolute atomic E-state index is 0.391. The predicted molar refractivity (Wildman–Crippen MR) is 94.0 cm³/mol. The molecule has 7 heteroatoms. The molecule has 3 rings (SSSR count). The highest BCUT2D eigenvalue weighted by atomic mass is 35.5. The van der Waals surface area contributed by atoms with Gasteiger partial charge in [-0.3, -0.25) is 0 Å². The Bertz CT molecular complexity index is 838. The van der Waals surface area contributed by atoms with E-state index in [2.05, 4.69) is 25.8 Å². The first-order chi connectivity index (χ1) is 11.1. The third kappa shape index (κ3) is 3.88. The third-order valence-corrected chi connectivity index (χ3v) is 3.71. The molecule has 2 aromatic carbocycles. The molecule has 0 saturated carbocycles. The minimum atomic E-state index is 0.391. The van der Waals surface area contributed by atoms with Crippen molar-refractivity contribution in [2.75, 3.05) is 10.6 Å². The van der Waals surface area contributed by atoms with Gasteiger partial charge in [0.1, 0.15) is 0 Å². The fourth-order valence-electron chi connectivity index (χ4n) is 1.98. The molecule has 0 aliphatic carbocycles. The van der Waals surface area contributed by atoms with Crippen LogP contribution in [0.5, 0.6) is 0 Å². The van der Waals surface area contributed by atoms with Gasteiger partial charge in [-0.05, 0) is 36.8 Å². The molecule has 23 heavy (non-hydrogen) atoms. The number of hydrogen-bond acceptors (Lipinski definition) is 5. The highest BCUT2D eigenvalue weighted by Crippen LogP contribution is 2.28. The van der Waals surface area contributed by atoms with Crippen molar-refractivity contribution in [3.8, 4) is 0 Å². The molecular weight excluding hydrogens is 333 g/mol. The number of para-hydroxylation sites is 1. The zero-order valence-electron chi connectivity index (χ0n) is 12.2. The SMILES string of the molecule is Cc1ccccc1Nc1nncc(Nc2cc(Cl)ccc2Cl)n1. The van der Waals surface area contributed by atoms with Gasteiger partial charge in [-0.25, -0.2) is 0 Å². The van der Waals surface area contributed by atoms with Gasteiger partial charge >= 0.3 is 0 Å². The second-order valence-corrected chi connectivity index (χ2v) is 5.70. The molecule has 0 amide bonds. The lowest BCUT2D eigenvalue weighted by Crippen LogP contribution is -2.03. The first-order valence-corrected chi connectivity index (χ1v) is 7.62. The van der Waals surface area contributed by atoms with E-state index in [1.165, 1.54) is 6.20 Å². The molecule has 0 aliphatic rings. The van der Waals surface area contributed by atoms with Crippen LogP contribution >= 0.6 is 23.2 Å².